The summed E-state index contributed by atoms with van der Waals surface area (Å²) in [5.41, 5.74) is 4.62. The molecule has 0 bridgehead atoms. The summed E-state index contributed by atoms with van der Waals surface area (Å²) in [5.74, 6) is 0. The molecule has 2 heteroatoms. The number of benzene rings is 1. The summed E-state index contributed by atoms with van der Waals surface area (Å²) < 4.78 is 0. The minimum absolute atomic E-state index is 0.255. The van der Waals surface area contributed by atoms with E-state index in [0.29, 0.717) is 0 Å². The van der Waals surface area contributed by atoms with Gasteiger partial charge in [-0.05, 0) is 51.3 Å². The van der Waals surface area contributed by atoms with E-state index in [4.69, 9.17) is 0 Å². The second-order valence-electron chi connectivity index (χ2n) is 5.77. The fourth-order valence-electron chi connectivity index (χ4n) is 3.09. The molecule has 0 aromatic heterocycles. The molecule has 1 unspecified atom stereocenters. The Morgan fingerprint density at radius 3 is 2.83 bits per heavy atom. The second-order valence-corrected chi connectivity index (χ2v) is 5.77. The van der Waals surface area contributed by atoms with Crippen LogP contribution >= 0.6 is 0 Å². The van der Waals surface area contributed by atoms with Crippen molar-refractivity contribution in [1.29, 1.82) is 0 Å². The zero-order valence-electron chi connectivity index (χ0n) is 12.2. The van der Waals surface area contributed by atoms with Crippen LogP contribution in [0, 0.1) is 6.92 Å². The third kappa shape index (κ3) is 2.54. The summed E-state index contributed by atoms with van der Waals surface area (Å²) in [6.07, 6.45) is 3.66. The molecule has 1 N–H and O–H groups in total. The lowest BCUT2D eigenvalue weighted by atomic mass is 9.90. The summed E-state index contributed by atoms with van der Waals surface area (Å²) in [6, 6.07) is 6.69. The van der Waals surface area contributed by atoms with Crippen LogP contribution in [0.25, 0.3) is 0 Å². The van der Waals surface area contributed by atoms with Crippen molar-refractivity contribution in [2.75, 3.05) is 25.0 Å². The number of hydrogen-bond acceptors (Lipinski definition) is 2. The number of rotatable bonds is 3. The van der Waals surface area contributed by atoms with Crippen molar-refractivity contribution in [1.82, 2.24) is 5.32 Å². The molecular weight excluding hydrogens is 220 g/mol. The Bertz CT molecular complexity index is 414. The molecule has 1 aromatic rings. The number of nitrogens with zero attached hydrogens (tertiary/aromatic N) is 1. The summed E-state index contributed by atoms with van der Waals surface area (Å²) in [6.45, 7) is 9.12. The van der Waals surface area contributed by atoms with Gasteiger partial charge in [-0.3, -0.25) is 0 Å². The van der Waals surface area contributed by atoms with Crippen molar-refractivity contribution >= 4 is 5.69 Å². The number of anilines is 1. The normalized spacial score (nSPS) is 24.3. The first-order valence-electron chi connectivity index (χ1n) is 7.12. The van der Waals surface area contributed by atoms with Crippen LogP contribution in [0.5, 0.6) is 0 Å². The Hall–Kier alpha value is -1.02. The highest BCUT2D eigenvalue weighted by atomic mass is 15.2. The van der Waals surface area contributed by atoms with E-state index in [9.17, 15) is 0 Å². The molecule has 1 aromatic carbocycles. The first-order chi connectivity index (χ1) is 8.59. The van der Waals surface area contributed by atoms with Crippen LogP contribution in [0.15, 0.2) is 18.2 Å². The quantitative estimate of drug-likeness (QED) is 0.881. The molecule has 1 atom stereocenters. The molecule has 0 radical (unpaired) electrons. The maximum absolute atomic E-state index is 3.50. The molecule has 0 aliphatic carbocycles. The monoisotopic (exact) mass is 246 g/mol. The molecule has 18 heavy (non-hydrogen) atoms. The lowest BCUT2D eigenvalue weighted by Gasteiger charge is -2.42. The molecule has 1 heterocycles. The second kappa shape index (κ2) is 5.31. The average molecular weight is 246 g/mol. The van der Waals surface area contributed by atoms with E-state index >= 15 is 0 Å². The molecule has 2 rings (SSSR count). The van der Waals surface area contributed by atoms with E-state index in [1.54, 1.807) is 0 Å². The number of likely N-dealkylation sites (N-methyl/N-ethyl adjacent to an activating group) is 1. The third-order valence-corrected chi connectivity index (χ3v) is 4.32. The van der Waals surface area contributed by atoms with Crippen molar-refractivity contribution in [3.8, 4) is 0 Å². The van der Waals surface area contributed by atoms with Crippen molar-refractivity contribution in [2.24, 2.45) is 0 Å². The first-order valence-corrected chi connectivity index (χ1v) is 7.12. The van der Waals surface area contributed by atoms with Crippen LogP contribution in [-0.4, -0.2) is 25.7 Å². The van der Waals surface area contributed by atoms with Crippen LogP contribution in [0.4, 0.5) is 5.69 Å². The minimum atomic E-state index is 0.255. The van der Waals surface area contributed by atoms with Crippen molar-refractivity contribution < 1.29 is 0 Å². The number of aryl methyl sites for hydroxylation is 2. The molecule has 1 aliphatic heterocycles. The lowest BCUT2D eigenvalue weighted by Crippen LogP contribution is -2.54. The van der Waals surface area contributed by atoms with E-state index in [2.05, 4.69) is 56.2 Å². The fourth-order valence-corrected chi connectivity index (χ4v) is 3.09. The fraction of sp³-hybridized carbons (Fsp3) is 0.625. The molecule has 100 valence electrons. The summed E-state index contributed by atoms with van der Waals surface area (Å²) in [5, 5.41) is 3.50. The number of para-hydroxylation sites is 1. The van der Waals surface area contributed by atoms with Crippen LogP contribution in [0.3, 0.4) is 0 Å². The molecule has 0 spiro atoms. The van der Waals surface area contributed by atoms with Crippen LogP contribution in [0.2, 0.25) is 0 Å². The maximum Gasteiger partial charge on any atom is 0.0429 e. The standard InChI is InChI=1S/C16H26N2/c1-5-14-9-6-8-13(2)15(14)18-11-7-10-16(3,12-18)17-4/h6,8-9,17H,5,7,10-12H2,1-4H3. The van der Waals surface area contributed by atoms with Gasteiger partial charge in [-0.2, -0.15) is 0 Å². The smallest absolute Gasteiger partial charge is 0.0429 e. The van der Waals surface area contributed by atoms with E-state index < -0.39 is 0 Å². The molecule has 1 aliphatic rings. The highest BCUT2D eigenvalue weighted by Crippen LogP contribution is 2.31. The largest absolute Gasteiger partial charge is 0.369 e. The van der Waals surface area contributed by atoms with Gasteiger partial charge in [0.1, 0.15) is 0 Å². The number of hydrogen-bond donors (Lipinski definition) is 1. The van der Waals surface area contributed by atoms with E-state index in [0.717, 1.165) is 13.0 Å². The van der Waals surface area contributed by atoms with Crippen molar-refractivity contribution in [3.63, 3.8) is 0 Å². The van der Waals surface area contributed by atoms with E-state index in [1.807, 2.05) is 0 Å². The van der Waals surface area contributed by atoms with E-state index in [1.165, 1.54) is 36.2 Å². The van der Waals surface area contributed by atoms with Gasteiger partial charge >= 0.3 is 0 Å². The van der Waals surface area contributed by atoms with E-state index in [-0.39, 0.29) is 5.54 Å². The van der Waals surface area contributed by atoms with Gasteiger partial charge in [0.25, 0.3) is 0 Å². The topological polar surface area (TPSA) is 15.3 Å². The Labute approximate surface area is 111 Å². The zero-order valence-corrected chi connectivity index (χ0v) is 12.2. The van der Waals surface area contributed by atoms with Gasteiger partial charge in [0, 0.05) is 24.3 Å². The summed E-state index contributed by atoms with van der Waals surface area (Å²) >= 11 is 0. The Balaban J connectivity index is 2.31. The molecule has 1 fully saturated rings. The molecule has 0 saturated carbocycles. The van der Waals surface area contributed by atoms with Gasteiger partial charge in [-0.25, -0.2) is 0 Å². The van der Waals surface area contributed by atoms with Gasteiger partial charge in [-0.15, -0.1) is 0 Å². The third-order valence-electron chi connectivity index (χ3n) is 4.32. The number of piperidine rings is 1. The van der Waals surface area contributed by atoms with Gasteiger partial charge in [0.15, 0.2) is 0 Å². The van der Waals surface area contributed by atoms with Crippen LogP contribution in [0.1, 0.15) is 37.8 Å². The highest BCUT2D eigenvalue weighted by Gasteiger charge is 2.30. The lowest BCUT2D eigenvalue weighted by molar-refractivity contribution is 0.316. The maximum atomic E-state index is 3.50. The zero-order chi connectivity index (χ0) is 13.2. The average Bonchev–Trinajstić information content (AvgIpc) is 2.38. The predicted molar refractivity (Wildman–Crippen MR) is 79.5 cm³/mol. The van der Waals surface area contributed by atoms with Gasteiger partial charge in [0.05, 0.1) is 0 Å². The Kier molecular flexibility index (Phi) is 3.96. The van der Waals surface area contributed by atoms with Crippen molar-refractivity contribution in [3.05, 3.63) is 29.3 Å². The minimum Gasteiger partial charge on any atom is -0.369 e. The molecular formula is C16H26N2. The first kappa shape index (κ1) is 13.4. The van der Waals surface area contributed by atoms with Crippen molar-refractivity contribution in [2.45, 2.75) is 45.6 Å². The summed E-state index contributed by atoms with van der Waals surface area (Å²) in [7, 11) is 2.09. The summed E-state index contributed by atoms with van der Waals surface area (Å²) in [4.78, 5) is 2.58. The van der Waals surface area contributed by atoms with Gasteiger partial charge in [-0.1, -0.05) is 25.1 Å². The van der Waals surface area contributed by atoms with Gasteiger partial charge < -0.3 is 10.2 Å². The SMILES string of the molecule is CCc1cccc(C)c1N1CCCC(C)(NC)C1. The van der Waals surface area contributed by atoms with Crippen LogP contribution in [-0.2, 0) is 6.42 Å². The van der Waals surface area contributed by atoms with Gasteiger partial charge in [0.2, 0.25) is 0 Å². The van der Waals surface area contributed by atoms with Crippen LogP contribution < -0.4 is 10.2 Å². The Morgan fingerprint density at radius 2 is 2.17 bits per heavy atom. The Morgan fingerprint density at radius 1 is 1.39 bits per heavy atom. The predicted octanol–water partition coefficient (Wildman–Crippen LogP) is 3.14. The number of nitrogens with one attached hydrogen (secondary N) is 1. The molecule has 1 saturated heterocycles. The molecule has 0 amide bonds. The highest BCUT2D eigenvalue weighted by molar-refractivity contribution is 5.60. The molecule has 2 nitrogen and oxygen atoms in total.